The Labute approximate surface area is 140 Å². The molecule has 1 aliphatic carbocycles. The van der Waals surface area contributed by atoms with Gasteiger partial charge in [0.2, 0.25) is 0 Å². The summed E-state index contributed by atoms with van der Waals surface area (Å²) in [6.45, 7) is 3.04. The first-order valence-corrected chi connectivity index (χ1v) is 8.04. The quantitative estimate of drug-likeness (QED) is 0.504. The zero-order valence-electron chi connectivity index (χ0n) is 13.2. The normalized spacial score (nSPS) is 20.6. The molecule has 2 aliphatic rings. The van der Waals surface area contributed by atoms with Crippen LogP contribution in [-0.2, 0) is 0 Å². The molecule has 1 aliphatic heterocycles. The van der Waals surface area contributed by atoms with Crippen molar-refractivity contribution in [1.29, 1.82) is 0 Å². The minimum atomic E-state index is -0.278. The summed E-state index contributed by atoms with van der Waals surface area (Å²) in [6.07, 6.45) is 3.95. The summed E-state index contributed by atoms with van der Waals surface area (Å²) in [5.74, 6) is 0.578. The predicted octanol–water partition coefficient (Wildman–Crippen LogP) is 2.20. The Morgan fingerprint density at radius 2 is 2.22 bits per heavy atom. The molecule has 1 aromatic heterocycles. The molecule has 7 nitrogen and oxygen atoms in total. The summed E-state index contributed by atoms with van der Waals surface area (Å²) in [6, 6.07) is 3.99. The Balaban J connectivity index is 1.81. The van der Waals surface area contributed by atoms with Crippen molar-refractivity contribution in [2.45, 2.75) is 31.8 Å². The van der Waals surface area contributed by atoms with Crippen molar-refractivity contribution in [2.75, 3.05) is 20.3 Å². The number of nitrogens with zero attached hydrogens (tertiary/aromatic N) is 4. The van der Waals surface area contributed by atoms with Crippen LogP contribution in [0.3, 0.4) is 0 Å². The van der Waals surface area contributed by atoms with Gasteiger partial charge in [-0.15, -0.1) is 0 Å². The highest BCUT2D eigenvalue weighted by Gasteiger charge is 2.38. The lowest BCUT2D eigenvalue weighted by atomic mass is 10.1. The van der Waals surface area contributed by atoms with Crippen LogP contribution in [0.25, 0.3) is 0 Å². The minimum Gasteiger partial charge on any atom is -0.360 e. The number of nitro groups is 1. The molecular weight excluding hydrogens is 318 g/mol. The molecule has 1 N–H and O–H groups in total. The van der Waals surface area contributed by atoms with E-state index in [2.05, 4.69) is 15.2 Å². The van der Waals surface area contributed by atoms with Crippen LogP contribution in [0.2, 0.25) is 5.15 Å². The van der Waals surface area contributed by atoms with Crippen molar-refractivity contribution in [2.24, 2.45) is 0 Å². The van der Waals surface area contributed by atoms with E-state index < -0.39 is 0 Å². The van der Waals surface area contributed by atoms with Crippen molar-refractivity contribution in [3.05, 3.63) is 50.7 Å². The van der Waals surface area contributed by atoms with Crippen molar-refractivity contribution in [3.8, 4) is 0 Å². The molecule has 0 saturated heterocycles. The molecule has 3 rings (SSSR count). The topological polar surface area (TPSA) is 74.5 Å². The average molecular weight is 338 g/mol. The molecule has 1 atom stereocenters. The molecule has 8 heteroatoms. The summed E-state index contributed by atoms with van der Waals surface area (Å²) in [4.78, 5) is 19.4. The smallest absolute Gasteiger partial charge is 0.299 e. The lowest BCUT2D eigenvalue weighted by Gasteiger charge is -2.36. The van der Waals surface area contributed by atoms with Gasteiger partial charge < -0.3 is 10.2 Å². The summed E-state index contributed by atoms with van der Waals surface area (Å²) in [5.41, 5.74) is 1.15. The molecule has 1 aromatic rings. The molecule has 1 unspecified atom stereocenters. The third-order valence-corrected chi connectivity index (χ3v) is 4.51. The average Bonchev–Trinajstić information content (AvgIpc) is 3.34. The number of hydrogen-bond donors (Lipinski definition) is 1. The molecule has 124 valence electrons. The molecule has 0 amide bonds. The van der Waals surface area contributed by atoms with E-state index in [4.69, 9.17) is 11.6 Å². The van der Waals surface area contributed by atoms with E-state index in [1.54, 1.807) is 12.3 Å². The van der Waals surface area contributed by atoms with E-state index in [0.29, 0.717) is 30.2 Å². The second-order valence-electron chi connectivity index (χ2n) is 6.15. The first kappa shape index (κ1) is 16.0. The molecular formula is C15H20ClN5O2. The maximum absolute atomic E-state index is 11.5. The SMILES string of the molecule is CC(NC1=C([N+](=O)[O-])CN(C2CC2)CN1C)c1ccc(Cl)nc1. The highest BCUT2D eigenvalue weighted by atomic mass is 35.5. The maximum Gasteiger partial charge on any atom is 0.299 e. The van der Waals surface area contributed by atoms with E-state index in [0.717, 1.165) is 18.4 Å². The lowest BCUT2D eigenvalue weighted by Crippen LogP contribution is -2.48. The first-order chi connectivity index (χ1) is 11.0. The monoisotopic (exact) mass is 337 g/mol. The van der Waals surface area contributed by atoms with E-state index >= 15 is 0 Å². The Hall–Kier alpha value is -1.86. The van der Waals surface area contributed by atoms with Crippen molar-refractivity contribution in [1.82, 2.24) is 20.1 Å². The third kappa shape index (κ3) is 3.56. The van der Waals surface area contributed by atoms with Crippen LogP contribution in [0, 0.1) is 10.1 Å². The van der Waals surface area contributed by atoms with Gasteiger partial charge in [0.1, 0.15) is 5.15 Å². The predicted molar refractivity (Wildman–Crippen MR) is 87.2 cm³/mol. The Morgan fingerprint density at radius 1 is 1.48 bits per heavy atom. The highest BCUT2D eigenvalue weighted by Crippen LogP contribution is 2.31. The summed E-state index contributed by atoms with van der Waals surface area (Å²) >= 11 is 5.80. The van der Waals surface area contributed by atoms with Crippen LogP contribution < -0.4 is 5.32 Å². The van der Waals surface area contributed by atoms with Crippen LogP contribution in [0.15, 0.2) is 29.8 Å². The maximum atomic E-state index is 11.5. The number of nitrogens with one attached hydrogen (secondary N) is 1. The zero-order valence-corrected chi connectivity index (χ0v) is 14.0. The van der Waals surface area contributed by atoms with Gasteiger partial charge in [-0.2, -0.15) is 0 Å². The van der Waals surface area contributed by atoms with Gasteiger partial charge in [0, 0.05) is 19.3 Å². The molecule has 0 aromatic carbocycles. The van der Waals surface area contributed by atoms with Gasteiger partial charge >= 0.3 is 0 Å². The van der Waals surface area contributed by atoms with Gasteiger partial charge in [0.25, 0.3) is 5.70 Å². The van der Waals surface area contributed by atoms with Gasteiger partial charge in [0.15, 0.2) is 5.82 Å². The van der Waals surface area contributed by atoms with Crippen LogP contribution in [0.1, 0.15) is 31.4 Å². The summed E-state index contributed by atoms with van der Waals surface area (Å²) in [5, 5.41) is 15.2. The highest BCUT2D eigenvalue weighted by molar-refractivity contribution is 6.29. The van der Waals surface area contributed by atoms with Crippen LogP contribution >= 0.6 is 11.6 Å². The number of halogens is 1. The first-order valence-electron chi connectivity index (χ1n) is 7.66. The Bertz CT molecular complexity index is 629. The van der Waals surface area contributed by atoms with Crippen molar-refractivity contribution >= 4 is 11.6 Å². The van der Waals surface area contributed by atoms with E-state index in [1.165, 1.54) is 0 Å². The fourth-order valence-corrected chi connectivity index (χ4v) is 2.95. The van der Waals surface area contributed by atoms with Gasteiger partial charge in [0.05, 0.1) is 24.2 Å². The number of aromatic nitrogens is 1. The van der Waals surface area contributed by atoms with Crippen molar-refractivity contribution < 1.29 is 4.92 Å². The molecule has 0 spiro atoms. The Kier molecular flexibility index (Phi) is 4.41. The van der Waals surface area contributed by atoms with Crippen LogP contribution in [-0.4, -0.2) is 46.0 Å². The summed E-state index contributed by atoms with van der Waals surface area (Å²) < 4.78 is 0. The number of pyridine rings is 1. The van der Waals surface area contributed by atoms with E-state index in [9.17, 15) is 10.1 Å². The third-order valence-electron chi connectivity index (χ3n) is 4.29. The molecule has 0 bridgehead atoms. The van der Waals surface area contributed by atoms with Crippen LogP contribution in [0.5, 0.6) is 0 Å². The Morgan fingerprint density at radius 3 is 2.78 bits per heavy atom. The minimum absolute atomic E-state index is 0.0976. The number of rotatable bonds is 5. The van der Waals surface area contributed by atoms with Gasteiger partial charge in [-0.05, 0) is 31.4 Å². The van der Waals surface area contributed by atoms with E-state index in [-0.39, 0.29) is 16.7 Å². The van der Waals surface area contributed by atoms with E-state index in [1.807, 2.05) is 24.9 Å². The summed E-state index contributed by atoms with van der Waals surface area (Å²) in [7, 11) is 1.88. The molecule has 23 heavy (non-hydrogen) atoms. The largest absolute Gasteiger partial charge is 0.360 e. The molecule has 1 fully saturated rings. The van der Waals surface area contributed by atoms with Crippen LogP contribution in [0.4, 0.5) is 0 Å². The zero-order chi connectivity index (χ0) is 16.6. The number of hydrogen-bond acceptors (Lipinski definition) is 6. The standard InChI is InChI=1S/C15H20ClN5O2/c1-10(11-3-6-14(16)17-7-11)18-15-13(21(22)23)8-20(9-19(15)2)12-4-5-12/h3,6-7,10,12,18H,4-5,8-9H2,1-2H3. The second-order valence-corrected chi connectivity index (χ2v) is 6.54. The van der Waals surface area contributed by atoms with Gasteiger partial charge in [-0.1, -0.05) is 17.7 Å². The lowest BCUT2D eigenvalue weighted by molar-refractivity contribution is -0.432. The van der Waals surface area contributed by atoms with Crippen molar-refractivity contribution in [3.63, 3.8) is 0 Å². The fourth-order valence-electron chi connectivity index (χ4n) is 2.83. The molecule has 1 saturated carbocycles. The molecule has 2 heterocycles. The second kappa shape index (κ2) is 6.33. The van der Waals surface area contributed by atoms with Gasteiger partial charge in [-0.25, -0.2) is 4.98 Å². The van der Waals surface area contributed by atoms with Gasteiger partial charge in [-0.3, -0.25) is 15.0 Å². The fraction of sp³-hybridized carbons (Fsp3) is 0.533. The molecule has 0 radical (unpaired) electrons.